The van der Waals surface area contributed by atoms with Crippen LogP contribution in [0, 0.1) is 20.8 Å². The van der Waals surface area contributed by atoms with Crippen molar-refractivity contribution in [2.24, 2.45) is 0 Å². The van der Waals surface area contributed by atoms with Gasteiger partial charge in [-0.2, -0.15) is 0 Å². The molecule has 4 rings (SSSR count). The van der Waals surface area contributed by atoms with E-state index in [-0.39, 0.29) is 24.5 Å². The number of thiocarbonyl (C=S) groups is 1. The van der Waals surface area contributed by atoms with Crippen molar-refractivity contribution >= 4 is 34.9 Å². The summed E-state index contributed by atoms with van der Waals surface area (Å²) in [5, 5.41) is 4.73. The van der Waals surface area contributed by atoms with Gasteiger partial charge in [0, 0.05) is 34.8 Å². The highest BCUT2D eigenvalue weighted by Gasteiger charge is 2.41. The Morgan fingerprint density at radius 2 is 2.00 bits per heavy atom. The second-order valence-corrected chi connectivity index (χ2v) is 9.06. The maximum atomic E-state index is 11.9. The Hall–Kier alpha value is -2.90. The molecular formula is C25H27ClN4O2S. The summed E-state index contributed by atoms with van der Waals surface area (Å²) in [6.07, 6.45) is 2.03. The third-order valence-electron chi connectivity index (χ3n) is 6.18. The Bertz CT molecular complexity index is 1190. The highest BCUT2D eigenvalue weighted by Crippen LogP contribution is 2.41. The zero-order valence-electron chi connectivity index (χ0n) is 19.1. The monoisotopic (exact) mass is 482 g/mol. The summed E-state index contributed by atoms with van der Waals surface area (Å²) in [4.78, 5) is 18.6. The van der Waals surface area contributed by atoms with E-state index >= 15 is 0 Å². The average molecular weight is 483 g/mol. The van der Waals surface area contributed by atoms with Crippen molar-refractivity contribution in [2.75, 3.05) is 13.7 Å². The number of benzene rings is 1. The lowest BCUT2D eigenvalue weighted by Gasteiger charge is -2.28. The first-order valence-electron chi connectivity index (χ1n) is 10.8. The Kier molecular flexibility index (Phi) is 6.72. The summed E-state index contributed by atoms with van der Waals surface area (Å²) in [7, 11) is 1.40. The van der Waals surface area contributed by atoms with Crippen molar-refractivity contribution in [3.05, 3.63) is 81.9 Å². The number of nitrogens with zero attached hydrogens (tertiary/aromatic N) is 3. The summed E-state index contributed by atoms with van der Waals surface area (Å²) in [6, 6.07) is 13.7. The highest BCUT2D eigenvalue weighted by molar-refractivity contribution is 7.80. The molecule has 3 aromatic rings. The van der Waals surface area contributed by atoms with Crippen LogP contribution in [0.15, 0.2) is 48.7 Å². The molecule has 1 aromatic carbocycles. The van der Waals surface area contributed by atoms with Crippen molar-refractivity contribution in [1.82, 2.24) is 19.8 Å². The molecule has 0 radical (unpaired) electrons. The number of methoxy groups -OCH3 is 1. The molecule has 1 N–H and O–H groups in total. The normalized spacial score (nSPS) is 17.8. The summed E-state index contributed by atoms with van der Waals surface area (Å²) < 4.78 is 7.10. The lowest BCUT2D eigenvalue weighted by Crippen LogP contribution is -2.32. The van der Waals surface area contributed by atoms with Crippen molar-refractivity contribution in [2.45, 2.75) is 39.3 Å². The number of rotatable bonds is 6. The molecule has 1 aliphatic heterocycles. The number of hydrogen-bond donors (Lipinski definition) is 1. The number of carbonyl (C=O) groups is 1. The number of halogens is 1. The fourth-order valence-corrected chi connectivity index (χ4v) is 5.08. The molecular weight excluding hydrogens is 456 g/mol. The van der Waals surface area contributed by atoms with E-state index in [9.17, 15) is 4.79 Å². The Balaban J connectivity index is 1.82. The van der Waals surface area contributed by atoms with Crippen LogP contribution >= 0.6 is 23.8 Å². The van der Waals surface area contributed by atoms with Crippen LogP contribution in [-0.2, 0) is 9.53 Å². The van der Waals surface area contributed by atoms with E-state index < -0.39 is 0 Å². The van der Waals surface area contributed by atoms with Gasteiger partial charge in [0.1, 0.15) is 0 Å². The van der Waals surface area contributed by atoms with Gasteiger partial charge in [-0.1, -0.05) is 23.7 Å². The molecule has 0 unspecified atom stereocenters. The average Bonchev–Trinajstić information content (AvgIpc) is 3.29. The van der Waals surface area contributed by atoms with Crippen LogP contribution in [-0.4, -0.2) is 39.2 Å². The van der Waals surface area contributed by atoms with Crippen molar-refractivity contribution in [1.29, 1.82) is 0 Å². The predicted octanol–water partition coefficient (Wildman–Crippen LogP) is 4.99. The van der Waals surface area contributed by atoms with Crippen LogP contribution in [0.3, 0.4) is 0 Å². The maximum absolute atomic E-state index is 11.9. The number of hydrogen-bond acceptors (Lipinski definition) is 4. The van der Waals surface area contributed by atoms with Gasteiger partial charge in [-0.25, -0.2) is 0 Å². The van der Waals surface area contributed by atoms with Crippen molar-refractivity contribution < 1.29 is 9.53 Å². The molecule has 33 heavy (non-hydrogen) atoms. The van der Waals surface area contributed by atoms with Gasteiger partial charge < -0.3 is 19.5 Å². The fraction of sp³-hybridized carbons (Fsp3) is 0.320. The first kappa shape index (κ1) is 23.3. The number of aryl methyl sites for hydroxylation is 2. The number of esters is 1. The van der Waals surface area contributed by atoms with E-state index in [4.69, 9.17) is 28.6 Å². The van der Waals surface area contributed by atoms with Crippen LogP contribution in [0.5, 0.6) is 0 Å². The SMILES string of the molecule is COC(=O)CCN1C(=S)N[C@@H](c2ccccn2)[C@H]1c1cc(C)n(-c2cc(Cl)ccc2C)c1C. The number of pyridine rings is 1. The molecule has 6 nitrogen and oxygen atoms in total. The molecule has 2 atom stereocenters. The smallest absolute Gasteiger partial charge is 0.307 e. The van der Waals surface area contributed by atoms with Crippen LogP contribution in [0.25, 0.3) is 5.69 Å². The molecule has 2 aromatic heterocycles. The van der Waals surface area contributed by atoms with E-state index in [1.54, 1.807) is 6.20 Å². The van der Waals surface area contributed by atoms with Gasteiger partial charge in [-0.15, -0.1) is 0 Å². The molecule has 172 valence electrons. The Morgan fingerprint density at radius 1 is 1.21 bits per heavy atom. The minimum atomic E-state index is -0.266. The molecule has 0 spiro atoms. The first-order chi connectivity index (χ1) is 15.8. The minimum absolute atomic E-state index is 0.128. The second-order valence-electron chi connectivity index (χ2n) is 8.24. The zero-order valence-corrected chi connectivity index (χ0v) is 20.7. The molecule has 3 heterocycles. The van der Waals surface area contributed by atoms with Crippen LogP contribution < -0.4 is 5.32 Å². The highest BCUT2D eigenvalue weighted by atomic mass is 35.5. The molecule has 8 heteroatoms. The van der Waals surface area contributed by atoms with E-state index in [0.717, 1.165) is 33.9 Å². The number of nitrogens with one attached hydrogen (secondary N) is 1. The molecule has 1 saturated heterocycles. The van der Waals surface area contributed by atoms with Gasteiger partial charge in [-0.05, 0) is 74.4 Å². The third kappa shape index (κ3) is 4.48. The van der Waals surface area contributed by atoms with Crippen molar-refractivity contribution in [3.63, 3.8) is 0 Å². The third-order valence-corrected chi connectivity index (χ3v) is 6.77. The van der Waals surface area contributed by atoms with E-state index in [1.807, 2.05) is 36.4 Å². The summed E-state index contributed by atoms with van der Waals surface area (Å²) in [5.41, 5.74) is 6.40. The van der Waals surface area contributed by atoms with Gasteiger partial charge in [0.05, 0.1) is 31.3 Å². The standard InChI is InChI=1S/C25H27ClN4O2S/c1-15-8-9-18(26)14-21(15)30-16(2)13-19(17(30)3)24-23(20-7-5-6-11-27-20)28-25(33)29(24)12-10-22(31)32-4/h5-9,11,13-14,23-24H,10,12H2,1-4H3,(H,28,33)/t23-,24+/m0/s1. The lowest BCUT2D eigenvalue weighted by molar-refractivity contribution is -0.140. The van der Waals surface area contributed by atoms with Crippen LogP contribution in [0.1, 0.15) is 46.7 Å². The molecule has 0 aliphatic carbocycles. The molecule has 0 saturated carbocycles. The quantitative estimate of drug-likeness (QED) is 0.394. The number of ether oxygens (including phenoxy) is 1. The molecule has 0 amide bonds. The predicted molar refractivity (Wildman–Crippen MR) is 134 cm³/mol. The van der Waals surface area contributed by atoms with Crippen LogP contribution in [0.2, 0.25) is 5.02 Å². The molecule has 0 bridgehead atoms. The van der Waals surface area contributed by atoms with E-state index in [0.29, 0.717) is 16.7 Å². The largest absolute Gasteiger partial charge is 0.469 e. The second kappa shape index (κ2) is 9.53. The number of carbonyl (C=O) groups excluding carboxylic acids is 1. The summed E-state index contributed by atoms with van der Waals surface area (Å²) in [6.45, 7) is 6.73. The van der Waals surface area contributed by atoms with Gasteiger partial charge in [0.15, 0.2) is 5.11 Å². The van der Waals surface area contributed by atoms with E-state index in [1.165, 1.54) is 7.11 Å². The van der Waals surface area contributed by atoms with Gasteiger partial charge >= 0.3 is 5.97 Å². The Labute approximate surface area is 204 Å². The van der Waals surface area contributed by atoms with Crippen molar-refractivity contribution in [3.8, 4) is 5.69 Å². The first-order valence-corrected chi connectivity index (χ1v) is 11.6. The lowest BCUT2D eigenvalue weighted by atomic mass is 9.96. The van der Waals surface area contributed by atoms with Gasteiger partial charge in [-0.3, -0.25) is 9.78 Å². The summed E-state index contributed by atoms with van der Waals surface area (Å²) in [5.74, 6) is -0.266. The van der Waals surface area contributed by atoms with Crippen LogP contribution in [0.4, 0.5) is 0 Å². The minimum Gasteiger partial charge on any atom is -0.469 e. The maximum Gasteiger partial charge on any atom is 0.307 e. The fourth-order valence-electron chi connectivity index (χ4n) is 4.58. The summed E-state index contributed by atoms with van der Waals surface area (Å²) >= 11 is 12.0. The Morgan fingerprint density at radius 3 is 2.70 bits per heavy atom. The zero-order chi connectivity index (χ0) is 23.7. The molecule has 1 fully saturated rings. The van der Waals surface area contributed by atoms with E-state index in [2.05, 4.69) is 46.6 Å². The number of aromatic nitrogens is 2. The molecule has 1 aliphatic rings. The van der Waals surface area contributed by atoms with Gasteiger partial charge in [0.2, 0.25) is 0 Å². The topological polar surface area (TPSA) is 59.4 Å². The van der Waals surface area contributed by atoms with Gasteiger partial charge in [0.25, 0.3) is 0 Å².